The Kier molecular flexibility index (Phi) is 4.80. The third-order valence-electron chi connectivity index (χ3n) is 4.21. The Morgan fingerprint density at radius 2 is 1.92 bits per heavy atom. The van der Waals surface area contributed by atoms with Crippen LogP contribution in [0.4, 0.5) is 11.4 Å². The van der Waals surface area contributed by atoms with Gasteiger partial charge < -0.3 is 15.2 Å². The maximum atomic E-state index is 12.5. The SMILES string of the molecule is CCOC(=O)c1cnc2c(C)cc(C)cc2c1Nc1cc(C)ccc1O. The number of nitrogens with zero attached hydrogens (tertiary/aromatic N) is 1. The van der Waals surface area contributed by atoms with Crippen molar-refractivity contribution in [3.05, 3.63) is 58.8 Å². The third-order valence-corrected chi connectivity index (χ3v) is 4.21. The Labute approximate surface area is 152 Å². The average molecular weight is 350 g/mol. The van der Waals surface area contributed by atoms with Gasteiger partial charge in [-0.15, -0.1) is 0 Å². The number of nitrogens with one attached hydrogen (secondary N) is 1. The number of rotatable bonds is 4. The predicted octanol–water partition coefficient (Wildman–Crippen LogP) is 4.79. The fourth-order valence-corrected chi connectivity index (χ4v) is 3.04. The normalized spacial score (nSPS) is 10.8. The molecule has 0 aliphatic heterocycles. The van der Waals surface area contributed by atoms with E-state index in [2.05, 4.69) is 10.3 Å². The summed E-state index contributed by atoms with van der Waals surface area (Å²) < 4.78 is 5.19. The van der Waals surface area contributed by atoms with E-state index in [1.165, 1.54) is 6.20 Å². The van der Waals surface area contributed by atoms with E-state index in [4.69, 9.17) is 4.74 Å². The van der Waals surface area contributed by atoms with Gasteiger partial charge in [-0.3, -0.25) is 4.98 Å². The summed E-state index contributed by atoms with van der Waals surface area (Å²) in [5.74, 6) is -0.338. The number of phenols is 1. The maximum Gasteiger partial charge on any atom is 0.341 e. The van der Waals surface area contributed by atoms with Crippen molar-refractivity contribution in [3.8, 4) is 5.75 Å². The van der Waals surface area contributed by atoms with Crippen molar-refractivity contribution in [1.82, 2.24) is 4.98 Å². The molecule has 2 N–H and O–H groups in total. The number of carbonyl (C=O) groups excluding carboxylic acids is 1. The summed E-state index contributed by atoms with van der Waals surface area (Å²) in [7, 11) is 0. The van der Waals surface area contributed by atoms with Crippen LogP contribution in [0.5, 0.6) is 5.75 Å². The van der Waals surface area contributed by atoms with Crippen molar-refractivity contribution in [2.45, 2.75) is 27.7 Å². The third kappa shape index (κ3) is 3.33. The molecule has 0 unspecified atom stereocenters. The van der Waals surface area contributed by atoms with Crippen LogP contribution in [0.2, 0.25) is 0 Å². The Balaban J connectivity index is 2.26. The fourth-order valence-electron chi connectivity index (χ4n) is 3.04. The van der Waals surface area contributed by atoms with Crippen LogP contribution in [0.15, 0.2) is 36.5 Å². The zero-order chi connectivity index (χ0) is 18.8. The van der Waals surface area contributed by atoms with Crippen molar-refractivity contribution in [2.75, 3.05) is 11.9 Å². The second-order valence-corrected chi connectivity index (χ2v) is 6.39. The summed E-state index contributed by atoms with van der Waals surface area (Å²) in [5, 5.41) is 14.3. The first kappa shape index (κ1) is 17.7. The predicted molar refractivity (Wildman–Crippen MR) is 103 cm³/mol. The number of aromatic hydroxyl groups is 1. The van der Waals surface area contributed by atoms with Crippen LogP contribution in [0.3, 0.4) is 0 Å². The van der Waals surface area contributed by atoms with Crippen LogP contribution < -0.4 is 5.32 Å². The van der Waals surface area contributed by atoms with Crippen LogP contribution in [0.25, 0.3) is 10.9 Å². The highest BCUT2D eigenvalue weighted by Crippen LogP contribution is 2.35. The molecule has 0 aliphatic rings. The molecule has 0 amide bonds. The highest BCUT2D eigenvalue weighted by atomic mass is 16.5. The number of phenolic OH excluding ortho intramolecular Hbond substituents is 1. The van der Waals surface area contributed by atoms with Crippen LogP contribution in [0.1, 0.15) is 34.0 Å². The Bertz CT molecular complexity index is 996. The topological polar surface area (TPSA) is 71.5 Å². The lowest BCUT2D eigenvalue weighted by Gasteiger charge is -2.16. The molecular weight excluding hydrogens is 328 g/mol. The first-order chi connectivity index (χ1) is 12.4. The number of anilines is 2. The monoisotopic (exact) mass is 350 g/mol. The number of aryl methyl sites for hydroxylation is 3. The van der Waals surface area contributed by atoms with Crippen molar-refractivity contribution in [3.63, 3.8) is 0 Å². The summed E-state index contributed by atoms with van der Waals surface area (Å²) in [5.41, 5.74) is 5.34. The zero-order valence-electron chi connectivity index (χ0n) is 15.4. The molecule has 5 heteroatoms. The van der Waals surface area contributed by atoms with E-state index < -0.39 is 5.97 Å². The van der Waals surface area contributed by atoms with Crippen molar-refractivity contribution in [1.29, 1.82) is 0 Å². The van der Waals surface area contributed by atoms with Crippen LogP contribution >= 0.6 is 0 Å². The van der Waals surface area contributed by atoms with Crippen LogP contribution in [-0.4, -0.2) is 22.7 Å². The molecule has 2 aromatic carbocycles. The zero-order valence-corrected chi connectivity index (χ0v) is 15.4. The highest BCUT2D eigenvalue weighted by Gasteiger charge is 2.19. The lowest BCUT2D eigenvalue weighted by molar-refractivity contribution is 0.0527. The molecule has 134 valence electrons. The van der Waals surface area contributed by atoms with Gasteiger partial charge in [-0.1, -0.05) is 17.7 Å². The summed E-state index contributed by atoms with van der Waals surface area (Å²) in [6.07, 6.45) is 1.53. The largest absolute Gasteiger partial charge is 0.506 e. The molecule has 0 atom stereocenters. The lowest BCUT2D eigenvalue weighted by atomic mass is 10.0. The number of fused-ring (bicyclic) bond motifs is 1. The molecule has 5 nitrogen and oxygen atoms in total. The molecule has 26 heavy (non-hydrogen) atoms. The lowest BCUT2D eigenvalue weighted by Crippen LogP contribution is -2.09. The number of hydrogen-bond donors (Lipinski definition) is 2. The fraction of sp³-hybridized carbons (Fsp3) is 0.238. The molecular formula is C21H22N2O3. The van der Waals surface area contributed by atoms with Crippen LogP contribution in [-0.2, 0) is 4.74 Å². The van der Waals surface area contributed by atoms with Gasteiger partial charge in [0.25, 0.3) is 0 Å². The molecule has 0 radical (unpaired) electrons. The minimum Gasteiger partial charge on any atom is -0.506 e. The Morgan fingerprint density at radius 1 is 1.15 bits per heavy atom. The van der Waals surface area contributed by atoms with Gasteiger partial charge in [-0.25, -0.2) is 4.79 Å². The Morgan fingerprint density at radius 3 is 2.65 bits per heavy atom. The van der Waals surface area contributed by atoms with Crippen molar-refractivity contribution in [2.24, 2.45) is 0 Å². The van der Waals surface area contributed by atoms with E-state index in [0.29, 0.717) is 16.9 Å². The van der Waals surface area contributed by atoms with E-state index in [0.717, 1.165) is 27.6 Å². The van der Waals surface area contributed by atoms with Crippen LogP contribution in [0, 0.1) is 20.8 Å². The molecule has 0 saturated heterocycles. The number of esters is 1. The highest BCUT2D eigenvalue weighted by molar-refractivity contribution is 6.07. The smallest absolute Gasteiger partial charge is 0.341 e. The first-order valence-electron chi connectivity index (χ1n) is 8.54. The van der Waals surface area contributed by atoms with E-state index >= 15 is 0 Å². The molecule has 3 rings (SSSR count). The number of benzene rings is 2. The number of hydrogen-bond acceptors (Lipinski definition) is 5. The van der Waals surface area contributed by atoms with Gasteiger partial charge in [0.1, 0.15) is 11.3 Å². The molecule has 1 heterocycles. The molecule has 1 aromatic heterocycles. The minimum absolute atomic E-state index is 0.111. The second-order valence-electron chi connectivity index (χ2n) is 6.39. The van der Waals surface area contributed by atoms with E-state index in [1.807, 2.05) is 45.0 Å². The average Bonchev–Trinajstić information content (AvgIpc) is 2.58. The Hall–Kier alpha value is -3.08. The number of carbonyl (C=O) groups is 1. The van der Waals surface area contributed by atoms with Gasteiger partial charge in [0.15, 0.2) is 0 Å². The molecule has 0 fully saturated rings. The number of pyridine rings is 1. The molecule has 0 aliphatic carbocycles. The molecule has 0 bridgehead atoms. The summed E-state index contributed by atoms with van der Waals surface area (Å²) in [4.78, 5) is 16.9. The maximum absolute atomic E-state index is 12.5. The minimum atomic E-state index is -0.448. The van der Waals surface area contributed by atoms with Crippen molar-refractivity contribution >= 4 is 28.2 Å². The van der Waals surface area contributed by atoms with Gasteiger partial charge in [0, 0.05) is 11.6 Å². The summed E-state index contributed by atoms with van der Waals surface area (Å²) >= 11 is 0. The molecule has 0 spiro atoms. The van der Waals surface area contributed by atoms with Crippen molar-refractivity contribution < 1.29 is 14.6 Å². The van der Waals surface area contributed by atoms with Gasteiger partial charge in [0.05, 0.1) is 23.5 Å². The van der Waals surface area contributed by atoms with Gasteiger partial charge in [-0.05, 0) is 57.0 Å². The van der Waals surface area contributed by atoms with E-state index in [1.54, 1.807) is 13.0 Å². The van der Waals surface area contributed by atoms with Gasteiger partial charge in [-0.2, -0.15) is 0 Å². The number of ether oxygens (including phenoxy) is 1. The van der Waals surface area contributed by atoms with E-state index in [9.17, 15) is 9.90 Å². The summed E-state index contributed by atoms with van der Waals surface area (Å²) in [6, 6.07) is 9.31. The van der Waals surface area contributed by atoms with Gasteiger partial charge in [0.2, 0.25) is 0 Å². The quantitative estimate of drug-likeness (QED) is 0.523. The number of aromatic nitrogens is 1. The summed E-state index contributed by atoms with van der Waals surface area (Å²) in [6.45, 7) is 7.96. The molecule has 3 aromatic rings. The molecule has 0 saturated carbocycles. The first-order valence-corrected chi connectivity index (χ1v) is 8.54. The standard InChI is InChI=1S/C21H22N2O3/c1-5-26-21(25)16-11-22-19-14(4)8-13(3)9-15(19)20(16)23-17-10-12(2)6-7-18(17)24/h6-11,24H,5H2,1-4H3,(H,22,23). The van der Waals surface area contributed by atoms with Gasteiger partial charge >= 0.3 is 5.97 Å². The van der Waals surface area contributed by atoms with E-state index in [-0.39, 0.29) is 12.4 Å². The second kappa shape index (κ2) is 7.04.